The van der Waals surface area contributed by atoms with E-state index >= 15 is 0 Å². The number of nitrogens with one attached hydrogen (secondary N) is 2. The first-order valence-electron chi connectivity index (χ1n) is 7.50. The van der Waals surface area contributed by atoms with Crippen molar-refractivity contribution in [2.75, 3.05) is 5.32 Å². The first kappa shape index (κ1) is 15.4. The Bertz CT molecular complexity index is 528. The molecule has 1 aliphatic rings. The third-order valence-corrected chi connectivity index (χ3v) is 3.89. The number of hydrogen-bond donors (Lipinski definition) is 3. The Morgan fingerprint density at radius 3 is 2.76 bits per heavy atom. The van der Waals surface area contributed by atoms with Gasteiger partial charge in [-0.1, -0.05) is 19.1 Å². The number of anilines is 1. The highest BCUT2D eigenvalue weighted by atomic mass is 16.4. The minimum absolute atomic E-state index is 0.0587. The van der Waals surface area contributed by atoms with Gasteiger partial charge in [0.2, 0.25) is 0 Å². The predicted octanol–water partition coefficient (Wildman–Crippen LogP) is 2.94. The van der Waals surface area contributed by atoms with Crippen molar-refractivity contribution in [1.29, 1.82) is 0 Å². The topological polar surface area (TPSA) is 78.4 Å². The van der Waals surface area contributed by atoms with Crippen molar-refractivity contribution >= 4 is 17.7 Å². The molecule has 21 heavy (non-hydrogen) atoms. The smallest absolute Gasteiger partial charge is 0.319 e. The van der Waals surface area contributed by atoms with Gasteiger partial charge in [0.15, 0.2) is 0 Å². The normalized spacial score (nSPS) is 14.9. The number of benzene rings is 1. The molecule has 1 aromatic carbocycles. The van der Waals surface area contributed by atoms with E-state index in [0.717, 1.165) is 24.9 Å². The zero-order chi connectivity index (χ0) is 15.2. The third kappa shape index (κ3) is 4.21. The molecule has 2 rings (SSSR count). The highest BCUT2D eigenvalue weighted by Gasteiger charge is 2.17. The summed E-state index contributed by atoms with van der Waals surface area (Å²) in [6.07, 6.45) is 4.91. The van der Waals surface area contributed by atoms with Crippen LogP contribution in [0.2, 0.25) is 0 Å². The molecule has 5 heteroatoms. The van der Waals surface area contributed by atoms with Crippen LogP contribution in [-0.4, -0.2) is 23.1 Å². The monoisotopic (exact) mass is 290 g/mol. The van der Waals surface area contributed by atoms with Crippen molar-refractivity contribution < 1.29 is 14.7 Å². The van der Waals surface area contributed by atoms with Gasteiger partial charge in [-0.15, -0.1) is 0 Å². The van der Waals surface area contributed by atoms with E-state index in [2.05, 4.69) is 16.7 Å². The number of carbonyl (C=O) groups is 2. The summed E-state index contributed by atoms with van der Waals surface area (Å²) < 4.78 is 0. The van der Waals surface area contributed by atoms with Gasteiger partial charge in [0.25, 0.3) is 0 Å². The summed E-state index contributed by atoms with van der Waals surface area (Å²) in [4.78, 5) is 22.8. The van der Waals surface area contributed by atoms with Crippen LogP contribution in [0.4, 0.5) is 10.5 Å². The van der Waals surface area contributed by atoms with Crippen molar-refractivity contribution in [3.8, 4) is 0 Å². The number of carboxylic acids is 1. The Hall–Kier alpha value is -2.04. The first-order valence-corrected chi connectivity index (χ1v) is 7.50. The first-order chi connectivity index (χ1) is 10.1. The summed E-state index contributed by atoms with van der Waals surface area (Å²) in [5, 5.41) is 14.4. The van der Waals surface area contributed by atoms with Crippen LogP contribution < -0.4 is 10.6 Å². The molecule has 0 saturated heterocycles. The lowest BCUT2D eigenvalue weighted by atomic mass is 9.90. The van der Waals surface area contributed by atoms with Crippen molar-refractivity contribution in [3.63, 3.8) is 0 Å². The summed E-state index contributed by atoms with van der Waals surface area (Å²) in [7, 11) is 0. The maximum atomic E-state index is 12.0. The summed E-state index contributed by atoms with van der Waals surface area (Å²) in [6.45, 7) is 1.86. The predicted molar refractivity (Wildman–Crippen MR) is 81.6 cm³/mol. The van der Waals surface area contributed by atoms with Crippen LogP contribution in [0.1, 0.15) is 43.7 Å². The molecule has 1 atom stereocenters. The van der Waals surface area contributed by atoms with Gasteiger partial charge in [-0.25, -0.2) is 4.79 Å². The molecule has 114 valence electrons. The molecule has 5 nitrogen and oxygen atoms in total. The van der Waals surface area contributed by atoms with Crippen LogP contribution in [0.5, 0.6) is 0 Å². The van der Waals surface area contributed by atoms with Crippen LogP contribution >= 0.6 is 0 Å². The lowest BCUT2D eigenvalue weighted by molar-refractivity contribution is -0.137. The minimum atomic E-state index is -0.903. The van der Waals surface area contributed by atoms with Gasteiger partial charge in [-0.05, 0) is 49.3 Å². The Morgan fingerprint density at radius 1 is 1.29 bits per heavy atom. The van der Waals surface area contributed by atoms with Gasteiger partial charge in [0.1, 0.15) is 0 Å². The molecular formula is C16H22N2O3. The van der Waals surface area contributed by atoms with Crippen molar-refractivity contribution in [3.05, 3.63) is 29.3 Å². The summed E-state index contributed by atoms with van der Waals surface area (Å²) in [6, 6.07) is 5.29. The van der Waals surface area contributed by atoms with Gasteiger partial charge < -0.3 is 15.7 Å². The van der Waals surface area contributed by atoms with E-state index in [1.807, 2.05) is 19.1 Å². The van der Waals surface area contributed by atoms with Crippen LogP contribution in [0, 0.1) is 0 Å². The van der Waals surface area contributed by atoms with E-state index in [4.69, 9.17) is 5.11 Å². The van der Waals surface area contributed by atoms with Gasteiger partial charge >= 0.3 is 12.0 Å². The van der Waals surface area contributed by atoms with Gasteiger partial charge in [-0.3, -0.25) is 4.79 Å². The quantitative estimate of drug-likeness (QED) is 0.780. The van der Waals surface area contributed by atoms with E-state index in [-0.39, 0.29) is 18.5 Å². The second-order valence-corrected chi connectivity index (χ2v) is 5.45. The summed E-state index contributed by atoms with van der Waals surface area (Å²) in [5.74, 6) is -0.903. The number of aliphatic carboxylic acids is 1. The third-order valence-electron chi connectivity index (χ3n) is 3.89. The van der Waals surface area contributed by atoms with Gasteiger partial charge in [-0.2, -0.15) is 0 Å². The number of carboxylic acid groups (broad SMARTS) is 1. The molecule has 0 spiro atoms. The number of amides is 2. The van der Waals surface area contributed by atoms with Crippen molar-refractivity contribution in [2.24, 2.45) is 0 Å². The molecule has 1 aromatic rings. The molecule has 0 saturated carbocycles. The van der Waals surface area contributed by atoms with Crippen LogP contribution in [0.3, 0.4) is 0 Å². The van der Waals surface area contributed by atoms with Gasteiger partial charge in [0, 0.05) is 11.7 Å². The summed E-state index contributed by atoms with van der Waals surface area (Å²) in [5.41, 5.74) is 3.36. The van der Waals surface area contributed by atoms with Crippen LogP contribution in [-0.2, 0) is 17.6 Å². The molecule has 3 N–H and O–H groups in total. The van der Waals surface area contributed by atoms with E-state index < -0.39 is 5.97 Å². The Balaban J connectivity index is 2.01. The lowest BCUT2D eigenvalue weighted by Crippen LogP contribution is -2.39. The molecular weight excluding hydrogens is 268 g/mol. The highest BCUT2D eigenvalue weighted by molar-refractivity contribution is 5.90. The number of hydrogen-bond acceptors (Lipinski definition) is 2. The fourth-order valence-corrected chi connectivity index (χ4v) is 2.75. The molecule has 0 aliphatic heterocycles. The number of rotatable bonds is 5. The average Bonchev–Trinajstić information content (AvgIpc) is 2.46. The number of fused-ring (bicyclic) bond motifs is 1. The van der Waals surface area contributed by atoms with Crippen LogP contribution in [0.15, 0.2) is 18.2 Å². The Labute approximate surface area is 124 Å². The molecule has 1 unspecified atom stereocenters. The zero-order valence-corrected chi connectivity index (χ0v) is 12.3. The van der Waals surface area contributed by atoms with Crippen LogP contribution in [0.25, 0.3) is 0 Å². The number of urea groups is 1. The maximum absolute atomic E-state index is 12.0. The van der Waals surface area contributed by atoms with E-state index in [0.29, 0.717) is 6.42 Å². The largest absolute Gasteiger partial charge is 0.481 e. The van der Waals surface area contributed by atoms with Gasteiger partial charge in [0.05, 0.1) is 6.42 Å². The summed E-state index contributed by atoms with van der Waals surface area (Å²) >= 11 is 0. The molecule has 0 aromatic heterocycles. The molecule has 2 amide bonds. The minimum Gasteiger partial charge on any atom is -0.481 e. The Kier molecular flexibility index (Phi) is 5.20. The number of carbonyl (C=O) groups excluding carboxylic acids is 1. The average molecular weight is 290 g/mol. The standard InChI is InChI=1S/C16H22N2O3/c1-2-12(10-15(19)20)17-16(21)18-14-9-5-7-11-6-3-4-8-13(11)14/h5,7,9,12H,2-4,6,8,10H2,1H3,(H,19,20)(H2,17,18,21). The second kappa shape index (κ2) is 7.11. The molecule has 0 bridgehead atoms. The second-order valence-electron chi connectivity index (χ2n) is 5.45. The molecule has 1 aliphatic carbocycles. The molecule has 0 fully saturated rings. The van der Waals surface area contributed by atoms with E-state index in [1.54, 1.807) is 0 Å². The zero-order valence-electron chi connectivity index (χ0n) is 12.3. The van der Waals surface area contributed by atoms with E-state index in [9.17, 15) is 9.59 Å². The fourth-order valence-electron chi connectivity index (χ4n) is 2.75. The van der Waals surface area contributed by atoms with Crippen molar-refractivity contribution in [2.45, 2.75) is 51.5 Å². The molecule has 0 radical (unpaired) electrons. The fraction of sp³-hybridized carbons (Fsp3) is 0.500. The lowest BCUT2D eigenvalue weighted by Gasteiger charge is -2.21. The molecule has 0 heterocycles. The van der Waals surface area contributed by atoms with Crippen molar-refractivity contribution in [1.82, 2.24) is 5.32 Å². The van der Waals surface area contributed by atoms with E-state index in [1.165, 1.54) is 17.5 Å². The SMILES string of the molecule is CCC(CC(=O)O)NC(=O)Nc1cccc2c1CCCC2. The number of aryl methyl sites for hydroxylation is 1. The Morgan fingerprint density at radius 2 is 2.05 bits per heavy atom. The highest BCUT2D eigenvalue weighted by Crippen LogP contribution is 2.27. The maximum Gasteiger partial charge on any atom is 0.319 e.